The minimum atomic E-state index is -1.34. The molecule has 1 aromatic carbocycles. The zero-order valence-corrected chi connectivity index (χ0v) is 11.7. The van der Waals surface area contributed by atoms with E-state index in [1.165, 1.54) is 12.1 Å². The number of rotatable bonds is 5. The van der Waals surface area contributed by atoms with Gasteiger partial charge in [-0.25, -0.2) is 4.79 Å². The van der Waals surface area contributed by atoms with Crippen molar-refractivity contribution in [3.05, 3.63) is 34.3 Å². The summed E-state index contributed by atoms with van der Waals surface area (Å²) in [4.78, 5) is 34.0. The number of carboxylic acid groups (broad SMARTS) is 1. The summed E-state index contributed by atoms with van der Waals surface area (Å²) < 4.78 is 4.38. The third-order valence-corrected chi connectivity index (χ3v) is 3.05. The molecule has 0 bridgehead atoms. The molecule has 0 spiro atoms. The highest BCUT2D eigenvalue weighted by molar-refractivity contribution is 6.31. The van der Waals surface area contributed by atoms with Crippen LogP contribution < -0.4 is 5.32 Å². The molecule has 0 radical (unpaired) electrons. The Kier molecular flexibility index (Phi) is 5.52. The number of amides is 1. The molecule has 0 aliphatic rings. The van der Waals surface area contributed by atoms with Crippen molar-refractivity contribution in [2.75, 3.05) is 7.11 Å². The van der Waals surface area contributed by atoms with Gasteiger partial charge in [-0.05, 0) is 30.7 Å². The van der Waals surface area contributed by atoms with Gasteiger partial charge in [0, 0.05) is 10.6 Å². The predicted molar refractivity (Wildman–Crippen MR) is 71.7 cm³/mol. The Labute approximate surface area is 120 Å². The van der Waals surface area contributed by atoms with Gasteiger partial charge < -0.3 is 15.2 Å². The smallest absolute Gasteiger partial charge is 0.326 e. The molecule has 1 amide bonds. The number of hydrogen-bond acceptors (Lipinski definition) is 4. The quantitative estimate of drug-likeness (QED) is 0.802. The lowest BCUT2D eigenvalue weighted by atomic mass is 10.1. The summed E-state index contributed by atoms with van der Waals surface area (Å²) in [6.45, 7) is 1.72. The molecule has 1 atom stereocenters. The fraction of sp³-hybridized carbons (Fsp3) is 0.308. The first-order valence-electron chi connectivity index (χ1n) is 5.71. The Morgan fingerprint density at radius 3 is 2.55 bits per heavy atom. The van der Waals surface area contributed by atoms with Crippen molar-refractivity contribution in [1.29, 1.82) is 0 Å². The molecular formula is C13H14ClNO5. The largest absolute Gasteiger partial charge is 0.480 e. The molecule has 7 heteroatoms. The van der Waals surface area contributed by atoms with Crippen molar-refractivity contribution in [2.45, 2.75) is 19.4 Å². The van der Waals surface area contributed by atoms with E-state index in [9.17, 15) is 14.4 Å². The highest BCUT2D eigenvalue weighted by Gasteiger charge is 2.24. The number of aryl methyl sites for hydroxylation is 1. The Morgan fingerprint density at radius 2 is 2.05 bits per heavy atom. The summed E-state index contributed by atoms with van der Waals surface area (Å²) in [6, 6.07) is 3.21. The number of nitrogens with one attached hydrogen (secondary N) is 1. The molecule has 0 aromatic heterocycles. The molecule has 0 saturated heterocycles. The van der Waals surface area contributed by atoms with Crippen LogP contribution in [-0.2, 0) is 14.3 Å². The number of halogens is 1. The normalized spacial score (nSPS) is 11.6. The van der Waals surface area contributed by atoms with E-state index in [2.05, 4.69) is 10.1 Å². The van der Waals surface area contributed by atoms with E-state index in [0.717, 1.165) is 7.11 Å². The molecule has 0 saturated carbocycles. The molecule has 20 heavy (non-hydrogen) atoms. The number of methoxy groups -OCH3 is 1. The van der Waals surface area contributed by atoms with Crippen LogP contribution in [0.25, 0.3) is 0 Å². The average molecular weight is 300 g/mol. The third kappa shape index (κ3) is 4.24. The highest BCUT2D eigenvalue weighted by Crippen LogP contribution is 2.16. The molecule has 2 N–H and O–H groups in total. The molecular weight excluding hydrogens is 286 g/mol. The van der Waals surface area contributed by atoms with Crippen LogP contribution in [0.4, 0.5) is 0 Å². The maximum Gasteiger partial charge on any atom is 0.326 e. The van der Waals surface area contributed by atoms with Crippen molar-refractivity contribution >= 4 is 29.4 Å². The highest BCUT2D eigenvalue weighted by atomic mass is 35.5. The summed E-state index contributed by atoms with van der Waals surface area (Å²) in [5.74, 6) is -2.62. The molecule has 6 nitrogen and oxygen atoms in total. The van der Waals surface area contributed by atoms with E-state index in [-0.39, 0.29) is 5.56 Å². The standard InChI is InChI=1S/C13H14ClNO5/c1-7-5-8(3-4-9(7)14)12(17)15-10(13(18)19)6-11(16)20-2/h3-5,10H,6H2,1-2H3,(H,15,17)(H,18,19)/t10-/m0/s1. The molecule has 1 rings (SSSR count). The Bertz CT molecular complexity index is 544. The second-order valence-electron chi connectivity index (χ2n) is 4.11. The fourth-order valence-corrected chi connectivity index (χ4v) is 1.60. The molecule has 1 aromatic rings. The summed E-state index contributed by atoms with van der Waals surface area (Å²) in [7, 11) is 1.14. The van der Waals surface area contributed by atoms with Gasteiger partial charge in [-0.2, -0.15) is 0 Å². The maximum atomic E-state index is 11.9. The van der Waals surface area contributed by atoms with Gasteiger partial charge in [0.25, 0.3) is 5.91 Å². The van der Waals surface area contributed by atoms with E-state index >= 15 is 0 Å². The van der Waals surface area contributed by atoms with Gasteiger partial charge in [0.05, 0.1) is 13.5 Å². The summed E-state index contributed by atoms with van der Waals surface area (Å²) in [5, 5.41) is 11.7. The van der Waals surface area contributed by atoms with Gasteiger partial charge in [0.15, 0.2) is 0 Å². The lowest BCUT2D eigenvalue weighted by Crippen LogP contribution is -2.42. The van der Waals surface area contributed by atoms with Crippen LogP contribution in [0.3, 0.4) is 0 Å². The molecule has 0 unspecified atom stereocenters. The first kappa shape index (κ1) is 16.0. The Morgan fingerprint density at radius 1 is 1.40 bits per heavy atom. The number of esters is 1. The predicted octanol–water partition coefficient (Wildman–Crippen LogP) is 1.39. The SMILES string of the molecule is COC(=O)C[C@H](NC(=O)c1ccc(Cl)c(C)c1)C(=O)O. The maximum absolute atomic E-state index is 11.9. The van der Waals surface area contributed by atoms with E-state index in [1.807, 2.05) is 0 Å². The van der Waals surface area contributed by atoms with E-state index < -0.39 is 30.3 Å². The van der Waals surface area contributed by atoms with Gasteiger partial charge in [-0.15, -0.1) is 0 Å². The van der Waals surface area contributed by atoms with Crippen molar-refractivity contribution < 1.29 is 24.2 Å². The van der Waals surface area contributed by atoms with E-state index in [0.29, 0.717) is 10.6 Å². The minimum Gasteiger partial charge on any atom is -0.480 e. The van der Waals surface area contributed by atoms with Crippen LogP contribution in [0.2, 0.25) is 5.02 Å². The topological polar surface area (TPSA) is 92.7 Å². The molecule has 0 heterocycles. The lowest BCUT2D eigenvalue weighted by molar-refractivity contribution is -0.147. The van der Waals surface area contributed by atoms with Crippen molar-refractivity contribution in [3.8, 4) is 0 Å². The Balaban J connectivity index is 2.82. The second kappa shape index (κ2) is 6.91. The first-order chi connectivity index (χ1) is 9.35. The number of hydrogen-bond donors (Lipinski definition) is 2. The zero-order chi connectivity index (χ0) is 15.3. The molecule has 0 fully saturated rings. The van der Waals surface area contributed by atoms with Crippen LogP contribution >= 0.6 is 11.6 Å². The van der Waals surface area contributed by atoms with Gasteiger partial charge in [-0.3, -0.25) is 9.59 Å². The Hall–Kier alpha value is -2.08. The van der Waals surface area contributed by atoms with E-state index in [1.54, 1.807) is 13.0 Å². The number of ether oxygens (including phenoxy) is 1. The molecule has 0 aliphatic heterocycles. The van der Waals surface area contributed by atoms with Crippen LogP contribution in [0.15, 0.2) is 18.2 Å². The summed E-state index contributed by atoms with van der Waals surface area (Å²) in [5.41, 5.74) is 0.960. The fourth-order valence-electron chi connectivity index (χ4n) is 1.48. The zero-order valence-electron chi connectivity index (χ0n) is 11.0. The van der Waals surface area contributed by atoms with Gasteiger partial charge in [0.1, 0.15) is 6.04 Å². The summed E-state index contributed by atoms with van der Waals surface area (Å²) >= 11 is 5.84. The van der Waals surface area contributed by atoms with Gasteiger partial charge in [-0.1, -0.05) is 11.6 Å². The van der Waals surface area contributed by atoms with Gasteiger partial charge >= 0.3 is 11.9 Å². The number of benzene rings is 1. The third-order valence-electron chi connectivity index (χ3n) is 2.62. The second-order valence-corrected chi connectivity index (χ2v) is 4.52. The van der Waals surface area contributed by atoms with Gasteiger partial charge in [0.2, 0.25) is 0 Å². The minimum absolute atomic E-state index is 0.267. The monoisotopic (exact) mass is 299 g/mol. The molecule has 0 aliphatic carbocycles. The summed E-state index contributed by atoms with van der Waals surface area (Å²) in [6.07, 6.45) is -0.440. The number of carboxylic acids is 1. The van der Waals surface area contributed by atoms with Crippen molar-refractivity contribution in [2.24, 2.45) is 0 Å². The van der Waals surface area contributed by atoms with Crippen LogP contribution in [0.1, 0.15) is 22.3 Å². The van der Waals surface area contributed by atoms with Crippen molar-refractivity contribution in [1.82, 2.24) is 5.32 Å². The first-order valence-corrected chi connectivity index (χ1v) is 6.09. The average Bonchev–Trinajstić information content (AvgIpc) is 2.40. The van der Waals surface area contributed by atoms with Crippen molar-refractivity contribution in [3.63, 3.8) is 0 Å². The van der Waals surface area contributed by atoms with Crippen LogP contribution in [-0.4, -0.2) is 36.1 Å². The lowest BCUT2D eigenvalue weighted by Gasteiger charge is -2.13. The van der Waals surface area contributed by atoms with Crippen LogP contribution in [0.5, 0.6) is 0 Å². The van der Waals surface area contributed by atoms with E-state index in [4.69, 9.17) is 16.7 Å². The molecule has 108 valence electrons. The number of carbonyl (C=O) groups excluding carboxylic acids is 2. The number of aliphatic carboxylic acids is 1. The van der Waals surface area contributed by atoms with Crippen LogP contribution in [0, 0.1) is 6.92 Å². The number of carbonyl (C=O) groups is 3.